The molecule has 1 rings (SSSR count). The summed E-state index contributed by atoms with van der Waals surface area (Å²) in [6.07, 6.45) is 5.24. The molecule has 18 heavy (non-hydrogen) atoms. The van der Waals surface area contributed by atoms with Gasteiger partial charge in [-0.2, -0.15) is 0 Å². The van der Waals surface area contributed by atoms with E-state index in [2.05, 4.69) is 23.6 Å². The molecule has 0 aromatic carbocycles. The Morgan fingerprint density at radius 3 is 1.89 bits per heavy atom. The molecule has 0 amide bonds. The molecule has 0 aromatic rings. The molecule has 0 atom stereocenters. The second-order valence-corrected chi connectivity index (χ2v) is 6.36. The Bertz CT molecular complexity index is 211. The van der Waals surface area contributed by atoms with Gasteiger partial charge in [0.15, 0.2) is 0 Å². The minimum atomic E-state index is -0.561. The fourth-order valence-corrected chi connectivity index (χ4v) is 3.01. The standard InChI is InChI=1S/C15H32N2O/c1-5-7-14(8-6-2)17-11-9-16(10-12-17)13-15(3,4)18/h14,18H,5-13H2,1-4H3. The van der Waals surface area contributed by atoms with E-state index in [1.54, 1.807) is 0 Å². The SMILES string of the molecule is CCCC(CCC)N1CCN(CC(C)(C)O)CC1. The first-order chi connectivity index (χ1) is 8.46. The van der Waals surface area contributed by atoms with Crippen LogP contribution in [0.2, 0.25) is 0 Å². The molecule has 3 nitrogen and oxygen atoms in total. The maximum absolute atomic E-state index is 9.86. The molecule has 1 saturated heterocycles. The maximum Gasteiger partial charge on any atom is 0.0718 e. The van der Waals surface area contributed by atoms with Crippen LogP contribution in [0.4, 0.5) is 0 Å². The first-order valence-corrected chi connectivity index (χ1v) is 7.65. The van der Waals surface area contributed by atoms with Gasteiger partial charge in [-0.15, -0.1) is 0 Å². The highest BCUT2D eigenvalue weighted by atomic mass is 16.3. The van der Waals surface area contributed by atoms with Crippen molar-refractivity contribution in [2.45, 2.75) is 65.0 Å². The summed E-state index contributed by atoms with van der Waals surface area (Å²) in [6.45, 7) is 13.7. The van der Waals surface area contributed by atoms with Crippen LogP contribution in [0.3, 0.4) is 0 Å². The summed E-state index contributed by atoms with van der Waals surface area (Å²) in [5.74, 6) is 0. The van der Waals surface area contributed by atoms with Gasteiger partial charge in [-0.3, -0.25) is 9.80 Å². The summed E-state index contributed by atoms with van der Waals surface area (Å²) in [6, 6.07) is 0.782. The molecule has 0 radical (unpaired) electrons. The lowest BCUT2D eigenvalue weighted by Crippen LogP contribution is -2.53. The number of hydrogen-bond acceptors (Lipinski definition) is 3. The first-order valence-electron chi connectivity index (χ1n) is 7.65. The number of rotatable bonds is 7. The van der Waals surface area contributed by atoms with E-state index in [-0.39, 0.29) is 0 Å². The van der Waals surface area contributed by atoms with Crippen LogP contribution in [0.15, 0.2) is 0 Å². The molecule has 0 bridgehead atoms. The molecule has 0 spiro atoms. The van der Waals surface area contributed by atoms with E-state index in [0.29, 0.717) is 0 Å². The Morgan fingerprint density at radius 1 is 1.00 bits per heavy atom. The molecule has 1 aliphatic rings. The van der Waals surface area contributed by atoms with Crippen LogP contribution in [-0.2, 0) is 0 Å². The van der Waals surface area contributed by atoms with Crippen LogP contribution in [0.5, 0.6) is 0 Å². The average molecular weight is 256 g/mol. The van der Waals surface area contributed by atoms with E-state index in [1.165, 1.54) is 38.8 Å². The number of hydrogen-bond donors (Lipinski definition) is 1. The summed E-state index contributed by atoms with van der Waals surface area (Å²) in [5.41, 5.74) is -0.561. The smallest absolute Gasteiger partial charge is 0.0718 e. The number of β-amino-alcohol motifs (C(OH)–C–C–N with tert-alkyl or cyclic N) is 1. The van der Waals surface area contributed by atoms with E-state index >= 15 is 0 Å². The van der Waals surface area contributed by atoms with Crippen molar-refractivity contribution in [2.24, 2.45) is 0 Å². The average Bonchev–Trinajstić information content (AvgIpc) is 2.28. The molecule has 1 aliphatic heterocycles. The molecular weight excluding hydrogens is 224 g/mol. The molecule has 1 heterocycles. The molecule has 1 N–H and O–H groups in total. The van der Waals surface area contributed by atoms with E-state index in [1.807, 2.05) is 13.8 Å². The molecule has 1 fully saturated rings. The summed E-state index contributed by atoms with van der Waals surface area (Å²) in [4.78, 5) is 5.05. The molecule has 108 valence electrons. The van der Waals surface area contributed by atoms with E-state index in [0.717, 1.165) is 25.7 Å². The third-order valence-electron chi connectivity index (χ3n) is 3.78. The van der Waals surface area contributed by atoms with Gasteiger partial charge in [-0.05, 0) is 26.7 Å². The predicted molar refractivity (Wildman–Crippen MR) is 77.9 cm³/mol. The molecule has 0 aromatic heterocycles. The Hall–Kier alpha value is -0.120. The molecule has 3 heteroatoms. The lowest BCUT2D eigenvalue weighted by atomic mass is 10.0. The van der Waals surface area contributed by atoms with Crippen molar-refractivity contribution >= 4 is 0 Å². The summed E-state index contributed by atoms with van der Waals surface area (Å²) in [7, 11) is 0. The highest BCUT2D eigenvalue weighted by molar-refractivity contribution is 4.81. The number of nitrogens with zero attached hydrogens (tertiary/aromatic N) is 2. The predicted octanol–water partition coefficient (Wildman–Crippen LogP) is 2.34. The maximum atomic E-state index is 9.86. The zero-order valence-electron chi connectivity index (χ0n) is 12.8. The van der Waals surface area contributed by atoms with Crippen molar-refractivity contribution < 1.29 is 5.11 Å². The van der Waals surface area contributed by atoms with Gasteiger partial charge in [0, 0.05) is 38.8 Å². The Kier molecular flexibility index (Phi) is 6.61. The zero-order valence-corrected chi connectivity index (χ0v) is 12.8. The van der Waals surface area contributed by atoms with Gasteiger partial charge >= 0.3 is 0 Å². The highest BCUT2D eigenvalue weighted by Gasteiger charge is 2.25. The lowest BCUT2D eigenvalue weighted by Gasteiger charge is -2.41. The van der Waals surface area contributed by atoms with Crippen molar-refractivity contribution in [3.8, 4) is 0 Å². The van der Waals surface area contributed by atoms with Crippen molar-refractivity contribution in [2.75, 3.05) is 32.7 Å². The van der Waals surface area contributed by atoms with Crippen molar-refractivity contribution in [1.82, 2.24) is 9.80 Å². The quantitative estimate of drug-likeness (QED) is 0.757. The van der Waals surface area contributed by atoms with E-state index < -0.39 is 5.60 Å². The highest BCUT2D eigenvalue weighted by Crippen LogP contribution is 2.16. The van der Waals surface area contributed by atoms with Crippen LogP contribution >= 0.6 is 0 Å². The minimum absolute atomic E-state index is 0.561. The van der Waals surface area contributed by atoms with Crippen LogP contribution in [0.25, 0.3) is 0 Å². The van der Waals surface area contributed by atoms with Gasteiger partial charge in [0.05, 0.1) is 5.60 Å². The molecule has 0 aliphatic carbocycles. The van der Waals surface area contributed by atoms with Gasteiger partial charge in [0.1, 0.15) is 0 Å². The van der Waals surface area contributed by atoms with Crippen molar-refractivity contribution in [3.05, 3.63) is 0 Å². The summed E-state index contributed by atoms with van der Waals surface area (Å²) >= 11 is 0. The normalized spacial score (nSPS) is 19.7. The van der Waals surface area contributed by atoms with Crippen LogP contribution in [0, 0.1) is 0 Å². The van der Waals surface area contributed by atoms with Gasteiger partial charge in [-0.1, -0.05) is 26.7 Å². The first kappa shape index (κ1) is 15.9. The van der Waals surface area contributed by atoms with Gasteiger partial charge in [-0.25, -0.2) is 0 Å². The third kappa shape index (κ3) is 5.68. The monoisotopic (exact) mass is 256 g/mol. The lowest BCUT2D eigenvalue weighted by molar-refractivity contribution is 0.00932. The Morgan fingerprint density at radius 2 is 1.50 bits per heavy atom. The summed E-state index contributed by atoms with van der Waals surface area (Å²) < 4.78 is 0. The Labute approximate surface area is 113 Å². The minimum Gasteiger partial charge on any atom is -0.389 e. The fourth-order valence-electron chi connectivity index (χ4n) is 3.01. The van der Waals surface area contributed by atoms with Crippen LogP contribution in [-0.4, -0.2) is 59.3 Å². The second-order valence-electron chi connectivity index (χ2n) is 6.36. The van der Waals surface area contributed by atoms with Gasteiger partial charge < -0.3 is 5.11 Å². The van der Waals surface area contributed by atoms with Crippen LogP contribution in [0.1, 0.15) is 53.4 Å². The van der Waals surface area contributed by atoms with Gasteiger partial charge in [0.2, 0.25) is 0 Å². The Balaban J connectivity index is 2.37. The number of piperazine rings is 1. The van der Waals surface area contributed by atoms with Crippen molar-refractivity contribution in [1.29, 1.82) is 0 Å². The second kappa shape index (κ2) is 7.46. The van der Waals surface area contributed by atoms with Crippen LogP contribution < -0.4 is 0 Å². The molecular formula is C15H32N2O. The topological polar surface area (TPSA) is 26.7 Å². The van der Waals surface area contributed by atoms with Gasteiger partial charge in [0.25, 0.3) is 0 Å². The molecule has 0 unspecified atom stereocenters. The van der Waals surface area contributed by atoms with Crippen molar-refractivity contribution in [3.63, 3.8) is 0 Å². The number of aliphatic hydroxyl groups is 1. The largest absolute Gasteiger partial charge is 0.389 e. The summed E-state index contributed by atoms with van der Waals surface area (Å²) in [5, 5.41) is 9.86. The van der Waals surface area contributed by atoms with E-state index in [9.17, 15) is 5.11 Å². The molecule has 0 saturated carbocycles. The van der Waals surface area contributed by atoms with E-state index in [4.69, 9.17) is 0 Å². The fraction of sp³-hybridized carbons (Fsp3) is 1.00. The third-order valence-corrected chi connectivity index (χ3v) is 3.78. The zero-order chi connectivity index (χ0) is 13.6.